The lowest BCUT2D eigenvalue weighted by molar-refractivity contribution is -0.122. The number of aromatic amines is 1. The van der Waals surface area contributed by atoms with Crippen molar-refractivity contribution < 1.29 is 24.5 Å². The van der Waals surface area contributed by atoms with Crippen LogP contribution in [0.1, 0.15) is 47.4 Å². The van der Waals surface area contributed by atoms with E-state index in [4.69, 9.17) is 14.6 Å². The first-order chi connectivity index (χ1) is 16.1. The second-order valence-corrected chi connectivity index (χ2v) is 9.05. The van der Waals surface area contributed by atoms with Gasteiger partial charge < -0.3 is 30.2 Å². The average molecular weight is 457 g/mol. The number of nitrogens with zero attached hydrogens (tertiary/aromatic N) is 2. The van der Waals surface area contributed by atoms with Crippen LogP contribution in [0, 0.1) is 0 Å². The number of carbonyl (C=O) groups is 2. The van der Waals surface area contributed by atoms with Crippen LogP contribution in [0.25, 0.3) is 0 Å². The first-order valence-corrected chi connectivity index (χ1v) is 11.5. The molecule has 1 aliphatic carbocycles. The number of aliphatic hydroxyl groups excluding tert-OH is 1. The van der Waals surface area contributed by atoms with E-state index in [-0.39, 0.29) is 30.3 Å². The minimum Gasteiger partial charge on any atom is -0.483 e. The van der Waals surface area contributed by atoms with Gasteiger partial charge in [-0.05, 0) is 61.7 Å². The Morgan fingerprint density at radius 1 is 1.30 bits per heavy atom. The van der Waals surface area contributed by atoms with Crippen LogP contribution in [0.4, 0.5) is 0 Å². The van der Waals surface area contributed by atoms with Crippen LogP contribution in [0.3, 0.4) is 0 Å². The normalized spacial score (nSPS) is 26.2. The molecule has 2 aliphatic heterocycles. The van der Waals surface area contributed by atoms with Crippen LogP contribution in [0.5, 0.6) is 0 Å². The van der Waals surface area contributed by atoms with Gasteiger partial charge in [-0.25, -0.2) is 4.98 Å². The van der Waals surface area contributed by atoms with Gasteiger partial charge >= 0.3 is 0 Å². The maximum Gasteiger partial charge on any atom is 0.290 e. The number of ether oxygens (including phenoxy) is 1. The molecule has 4 N–H and O–H groups in total. The zero-order chi connectivity index (χ0) is 23.3. The minimum absolute atomic E-state index is 0.250. The third-order valence-electron chi connectivity index (χ3n) is 7.30. The van der Waals surface area contributed by atoms with Crippen molar-refractivity contribution in [2.75, 3.05) is 26.2 Å². The van der Waals surface area contributed by atoms with Gasteiger partial charge in [-0.15, -0.1) is 0 Å². The number of fused-ring (bicyclic) bond motifs is 2. The summed E-state index contributed by atoms with van der Waals surface area (Å²) in [4.78, 5) is 29.9. The van der Waals surface area contributed by atoms with Gasteiger partial charge in [0.15, 0.2) is 5.82 Å². The highest BCUT2D eigenvalue weighted by molar-refractivity contribution is 5.90. The number of aromatic nitrogens is 2. The van der Waals surface area contributed by atoms with E-state index in [0.29, 0.717) is 25.0 Å². The van der Waals surface area contributed by atoms with E-state index in [1.54, 1.807) is 18.0 Å². The molecule has 3 heterocycles. The summed E-state index contributed by atoms with van der Waals surface area (Å²) in [6.07, 6.45) is 7.52. The predicted octanol–water partition coefficient (Wildman–Crippen LogP) is 1.34. The summed E-state index contributed by atoms with van der Waals surface area (Å²) in [7, 11) is 0. The summed E-state index contributed by atoms with van der Waals surface area (Å²) in [5, 5.41) is 20.6. The summed E-state index contributed by atoms with van der Waals surface area (Å²) in [5.74, 6) is -0.0204. The first-order valence-electron chi connectivity index (χ1n) is 11.5. The SMILES string of the molecule is O=C(N[C@H]1CCO[C@H](CN2CCC3(CCc4ccccc43)CC2)[C@H]1O)c1ncc[nH]1.O=CO. The van der Waals surface area contributed by atoms with Crippen molar-refractivity contribution in [3.05, 3.63) is 53.6 Å². The molecule has 1 aromatic heterocycles. The molecule has 1 spiro atoms. The molecule has 2 fully saturated rings. The molecular formula is C24H32N4O5. The lowest BCUT2D eigenvalue weighted by Gasteiger charge is -2.43. The standard InChI is InChI=1S/C23H30N4O3.CH2O2/c28-20-18(26-22(29)21-24-10-11-25-21)6-14-30-19(20)15-27-12-8-23(9-13-27)7-5-16-3-1-2-4-17(16)23;2-1-3/h1-4,10-11,18-20,28H,5-9,12-15H2,(H,24,25)(H,26,29);1H,(H,2,3)/t18-,19+,20-;/m0./s1. The second kappa shape index (κ2) is 10.5. The summed E-state index contributed by atoms with van der Waals surface area (Å²) < 4.78 is 5.90. The summed E-state index contributed by atoms with van der Waals surface area (Å²) >= 11 is 0. The lowest BCUT2D eigenvalue weighted by Crippen LogP contribution is -2.57. The molecule has 1 amide bonds. The van der Waals surface area contributed by atoms with Crippen LogP contribution >= 0.6 is 0 Å². The number of carboxylic acid groups (broad SMARTS) is 1. The van der Waals surface area contributed by atoms with Gasteiger partial charge in [0.1, 0.15) is 6.10 Å². The zero-order valence-electron chi connectivity index (χ0n) is 18.7. The number of likely N-dealkylation sites (tertiary alicyclic amines) is 1. The maximum absolute atomic E-state index is 12.3. The number of aryl methyl sites for hydroxylation is 1. The number of rotatable bonds is 4. The average Bonchev–Trinajstić information content (AvgIpc) is 3.48. The van der Waals surface area contributed by atoms with E-state index in [1.807, 2.05) is 0 Å². The van der Waals surface area contributed by atoms with E-state index in [9.17, 15) is 9.90 Å². The molecule has 9 nitrogen and oxygen atoms in total. The van der Waals surface area contributed by atoms with E-state index >= 15 is 0 Å². The molecule has 5 rings (SSSR count). The molecule has 0 unspecified atom stereocenters. The molecule has 33 heavy (non-hydrogen) atoms. The van der Waals surface area contributed by atoms with Crippen LogP contribution < -0.4 is 5.32 Å². The fraction of sp³-hybridized carbons (Fsp3) is 0.542. The molecule has 9 heteroatoms. The van der Waals surface area contributed by atoms with Crippen molar-refractivity contribution in [2.45, 2.75) is 55.8 Å². The number of hydrogen-bond acceptors (Lipinski definition) is 6. The van der Waals surface area contributed by atoms with Gasteiger partial charge in [-0.2, -0.15) is 0 Å². The third-order valence-corrected chi connectivity index (χ3v) is 7.30. The maximum atomic E-state index is 12.3. The van der Waals surface area contributed by atoms with E-state index < -0.39 is 6.10 Å². The van der Waals surface area contributed by atoms with Crippen molar-refractivity contribution in [1.29, 1.82) is 0 Å². The van der Waals surface area contributed by atoms with Gasteiger partial charge in [0, 0.05) is 25.5 Å². The first kappa shape index (κ1) is 23.4. The second-order valence-electron chi connectivity index (χ2n) is 9.05. The van der Waals surface area contributed by atoms with Crippen molar-refractivity contribution in [1.82, 2.24) is 20.2 Å². The molecule has 2 aromatic rings. The summed E-state index contributed by atoms with van der Waals surface area (Å²) in [6.45, 7) is 3.02. The molecule has 1 aromatic carbocycles. The number of benzene rings is 1. The van der Waals surface area contributed by atoms with Crippen molar-refractivity contribution >= 4 is 12.4 Å². The van der Waals surface area contributed by atoms with E-state index in [1.165, 1.54) is 18.4 Å². The molecular weight excluding hydrogens is 424 g/mol. The van der Waals surface area contributed by atoms with Crippen molar-refractivity contribution in [3.8, 4) is 0 Å². The zero-order valence-corrected chi connectivity index (χ0v) is 18.7. The van der Waals surface area contributed by atoms with Crippen molar-refractivity contribution in [2.24, 2.45) is 0 Å². The Bertz CT molecular complexity index is 927. The molecule has 2 saturated heterocycles. The quantitative estimate of drug-likeness (QED) is 0.511. The fourth-order valence-electron chi connectivity index (χ4n) is 5.52. The molecule has 0 saturated carbocycles. The number of piperidine rings is 1. The van der Waals surface area contributed by atoms with Crippen LogP contribution in [-0.4, -0.2) is 82.0 Å². The molecule has 3 aliphatic rings. The van der Waals surface area contributed by atoms with E-state index in [2.05, 4.69) is 44.5 Å². The number of carbonyl (C=O) groups excluding carboxylic acids is 1. The highest BCUT2D eigenvalue weighted by Crippen LogP contribution is 2.46. The summed E-state index contributed by atoms with van der Waals surface area (Å²) in [6, 6.07) is 8.59. The Kier molecular flexibility index (Phi) is 7.42. The largest absolute Gasteiger partial charge is 0.483 e. The minimum atomic E-state index is -0.722. The number of hydrogen-bond donors (Lipinski definition) is 4. The van der Waals surface area contributed by atoms with E-state index in [0.717, 1.165) is 25.9 Å². The molecule has 0 bridgehead atoms. The Labute approximate surface area is 193 Å². The fourth-order valence-corrected chi connectivity index (χ4v) is 5.52. The number of aliphatic hydroxyl groups is 1. The third kappa shape index (κ3) is 5.10. The number of nitrogens with one attached hydrogen (secondary N) is 2. The van der Waals surface area contributed by atoms with Crippen LogP contribution in [-0.2, 0) is 21.4 Å². The van der Waals surface area contributed by atoms with Gasteiger partial charge in [0.05, 0.1) is 12.1 Å². The number of amides is 1. The van der Waals surface area contributed by atoms with Gasteiger partial charge in [-0.1, -0.05) is 24.3 Å². The summed E-state index contributed by atoms with van der Waals surface area (Å²) in [5.41, 5.74) is 3.41. The Morgan fingerprint density at radius 3 is 2.79 bits per heavy atom. The van der Waals surface area contributed by atoms with Gasteiger partial charge in [-0.3, -0.25) is 9.59 Å². The lowest BCUT2D eigenvalue weighted by atomic mass is 9.74. The van der Waals surface area contributed by atoms with Crippen LogP contribution in [0.15, 0.2) is 36.7 Å². The molecule has 178 valence electrons. The number of imidazole rings is 1. The Hall–Kier alpha value is -2.75. The number of H-pyrrole nitrogens is 1. The van der Waals surface area contributed by atoms with Gasteiger partial charge in [0.25, 0.3) is 12.4 Å². The highest BCUT2D eigenvalue weighted by Gasteiger charge is 2.42. The monoisotopic (exact) mass is 456 g/mol. The van der Waals surface area contributed by atoms with Crippen molar-refractivity contribution in [3.63, 3.8) is 0 Å². The highest BCUT2D eigenvalue weighted by atomic mass is 16.5. The smallest absolute Gasteiger partial charge is 0.290 e. The van der Waals surface area contributed by atoms with Crippen LogP contribution in [0.2, 0.25) is 0 Å². The molecule has 0 radical (unpaired) electrons. The molecule has 3 atom stereocenters. The topological polar surface area (TPSA) is 128 Å². The Balaban J connectivity index is 0.000000821. The Morgan fingerprint density at radius 2 is 2.06 bits per heavy atom. The predicted molar refractivity (Wildman–Crippen MR) is 121 cm³/mol. The van der Waals surface area contributed by atoms with Gasteiger partial charge in [0.2, 0.25) is 0 Å².